The van der Waals surface area contributed by atoms with E-state index < -0.39 is 0 Å². The first-order chi connectivity index (χ1) is 8.13. The van der Waals surface area contributed by atoms with Crippen molar-refractivity contribution in [3.63, 3.8) is 0 Å². The van der Waals surface area contributed by atoms with E-state index in [4.69, 9.17) is 11.6 Å². The number of hydrogen-bond donors (Lipinski definition) is 1. The number of H-pyrrole nitrogens is 1. The molecule has 0 aliphatic heterocycles. The summed E-state index contributed by atoms with van der Waals surface area (Å²) in [6.07, 6.45) is 2.06. The minimum atomic E-state index is -0.0887. The van der Waals surface area contributed by atoms with Gasteiger partial charge in [0.05, 0.1) is 12.0 Å². The summed E-state index contributed by atoms with van der Waals surface area (Å²) in [6, 6.07) is 5.71. The van der Waals surface area contributed by atoms with Crippen LogP contribution >= 0.6 is 11.6 Å². The van der Waals surface area contributed by atoms with Gasteiger partial charge in [-0.05, 0) is 25.0 Å². The summed E-state index contributed by atoms with van der Waals surface area (Å²) in [4.78, 5) is 18.5. The molecule has 0 amide bonds. The van der Waals surface area contributed by atoms with Crippen molar-refractivity contribution in [1.29, 1.82) is 0 Å². The molecule has 0 radical (unpaired) electrons. The van der Waals surface area contributed by atoms with E-state index in [9.17, 15) is 4.79 Å². The van der Waals surface area contributed by atoms with Crippen LogP contribution in [-0.2, 0) is 6.42 Å². The van der Waals surface area contributed by atoms with Crippen molar-refractivity contribution in [2.24, 2.45) is 0 Å². The van der Waals surface area contributed by atoms with E-state index in [1.54, 1.807) is 0 Å². The van der Waals surface area contributed by atoms with Crippen molar-refractivity contribution in [2.75, 3.05) is 0 Å². The van der Waals surface area contributed by atoms with Crippen LogP contribution in [0.25, 0.3) is 11.3 Å². The number of aromatic amines is 1. The number of aryl methyl sites for hydroxylation is 1. The van der Waals surface area contributed by atoms with Crippen LogP contribution in [-0.4, -0.2) is 9.97 Å². The molecule has 0 saturated heterocycles. The van der Waals surface area contributed by atoms with Crippen LogP contribution in [0.4, 0.5) is 0 Å². The molecule has 2 rings (SSSR count). The summed E-state index contributed by atoms with van der Waals surface area (Å²) in [5.74, 6) is 0. The van der Waals surface area contributed by atoms with Gasteiger partial charge in [-0.3, -0.25) is 4.79 Å². The van der Waals surface area contributed by atoms with Crippen LogP contribution in [0, 0.1) is 6.92 Å². The Labute approximate surface area is 104 Å². The van der Waals surface area contributed by atoms with E-state index in [2.05, 4.69) is 9.97 Å². The molecule has 0 unspecified atom stereocenters. The monoisotopic (exact) mass is 248 g/mol. The molecule has 1 heterocycles. The van der Waals surface area contributed by atoms with Crippen molar-refractivity contribution >= 4 is 11.6 Å². The van der Waals surface area contributed by atoms with Gasteiger partial charge in [-0.15, -0.1) is 0 Å². The topological polar surface area (TPSA) is 45.8 Å². The van der Waals surface area contributed by atoms with E-state index in [0.29, 0.717) is 22.7 Å². The molecule has 0 bridgehead atoms. The standard InChI is InChI=1S/C13H13ClN2O/c1-3-10-12(15-7-16-13(10)17)9-5-4-8(2)11(14)6-9/h4-7H,3H2,1-2H3,(H,15,16,17). The lowest BCUT2D eigenvalue weighted by molar-refractivity contribution is 1.01. The molecule has 17 heavy (non-hydrogen) atoms. The number of nitrogens with one attached hydrogen (secondary N) is 1. The van der Waals surface area contributed by atoms with Gasteiger partial charge in [-0.25, -0.2) is 4.98 Å². The van der Waals surface area contributed by atoms with E-state index in [1.807, 2.05) is 32.0 Å². The number of benzene rings is 1. The number of nitrogens with zero attached hydrogens (tertiary/aromatic N) is 1. The van der Waals surface area contributed by atoms with Gasteiger partial charge in [0.2, 0.25) is 0 Å². The van der Waals surface area contributed by atoms with Gasteiger partial charge in [0, 0.05) is 16.1 Å². The molecule has 0 fully saturated rings. The highest BCUT2D eigenvalue weighted by atomic mass is 35.5. The van der Waals surface area contributed by atoms with E-state index >= 15 is 0 Å². The minimum Gasteiger partial charge on any atom is -0.313 e. The van der Waals surface area contributed by atoms with Crippen LogP contribution < -0.4 is 5.56 Å². The van der Waals surface area contributed by atoms with Crippen molar-refractivity contribution in [3.8, 4) is 11.3 Å². The average Bonchev–Trinajstić information content (AvgIpc) is 2.32. The lowest BCUT2D eigenvalue weighted by Crippen LogP contribution is -2.14. The number of halogens is 1. The van der Waals surface area contributed by atoms with Crippen molar-refractivity contribution < 1.29 is 0 Å². The maximum Gasteiger partial charge on any atom is 0.254 e. The third kappa shape index (κ3) is 2.24. The lowest BCUT2D eigenvalue weighted by Gasteiger charge is -2.07. The average molecular weight is 249 g/mol. The Morgan fingerprint density at radius 1 is 1.41 bits per heavy atom. The Hall–Kier alpha value is -1.61. The SMILES string of the molecule is CCc1c(-c2ccc(C)c(Cl)c2)nc[nH]c1=O. The van der Waals surface area contributed by atoms with Crippen molar-refractivity contribution in [2.45, 2.75) is 20.3 Å². The van der Waals surface area contributed by atoms with Gasteiger partial charge >= 0.3 is 0 Å². The normalized spacial score (nSPS) is 10.5. The number of hydrogen-bond acceptors (Lipinski definition) is 2. The third-order valence-electron chi connectivity index (χ3n) is 2.75. The van der Waals surface area contributed by atoms with Crippen LogP contribution in [0.3, 0.4) is 0 Å². The quantitative estimate of drug-likeness (QED) is 0.888. The Kier molecular flexibility index (Phi) is 3.29. The smallest absolute Gasteiger partial charge is 0.254 e. The molecule has 0 saturated carbocycles. The van der Waals surface area contributed by atoms with Gasteiger partial charge in [-0.1, -0.05) is 30.7 Å². The van der Waals surface area contributed by atoms with Crippen molar-refractivity contribution in [1.82, 2.24) is 9.97 Å². The fourth-order valence-corrected chi connectivity index (χ4v) is 1.93. The first-order valence-electron chi connectivity index (χ1n) is 5.46. The maximum absolute atomic E-state index is 11.7. The van der Waals surface area contributed by atoms with Gasteiger partial charge in [-0.2, -0.15) is 0 Å². The molecule has 0 aliphatic rings. The number of rotatable bonds is 2. The Balaban J connectivity index is 2.64. The van der Waals surface area contributed by atoms with Gasteiger partial charge < -0.3 is 4.98 Å². The Morgan fingerprint density at radius 2 is 2.18 bits per heavy atom. The molecular formula is C13H13ClN2O. The lowest BCUT2D eigenvalue weighted by atomic mass is 10.0. The molecule has 88 valence electrons. The largest absolute Gasteiger partial charge is 0.313 e. The summed E-state index contributed by atoms with van der Waals surface area (Å²) < 4.78 is 0. The van der Waals surface area contributed by atoms with E-state index in [1.165, 1.54) is 6.33 Å². The first-order valence-corrected chi connectivity index (χ1v) is 5.84. The Morgan fingerprint density at radius 3 is 2.82 bits per heavy atom. The molecular weight excluding hydrogens is 236 g/mol. The molecule has 4 heteroatoms. The van der Waals surface area contributed by atoms with Crippen LogP contribution in [0.2, 0.25) is 5.02 Å². The maximum atomic E-state index is 11.7. The van der Waals surface area contributed by atoms with Gasteiger partial charge in [0.15, 0.2) is 0 Å². The zero-order valence-electron chi connectivity index (χ0n) is 9.75. The molecule has 1 aromatic heterocycles. The molecule has 1 aromatic carbocycles. The Bertz CT molecular complexity index is 605. The fourth-order valence-electron chi connectivity index (χ4n) is 1.74. The van der Waals surface area contributed by atoms with Crippen LogP contribution in [0.5, 0.6) is 0 Å². The molecule has 1 N–H and O–H groups in total. The molecule has 2 aromatic rings. The first kappa shape index (κ1) is 11.9. The second-order valence-corrected chi connectivity index (χ2v) is 4.28. The molecule has 0 atom stereocenters. The highest BCUT2D eigenvalue weighted by Gasteiger charge is 2.09. The predicted molar refractivity (Wildman–Crippen MR) is 69.4 cm³/mol. The highest BCUT2D eigenvalue weighted by molar-refractivity contribution is 6.31. The van der Waals surface area contributed by atoms with Gasteiger partial charge in [0.25, 0.3) is 5.56 Å². The predicted octanol–water partition coefficient (Wildman–Crippen LogP) is 2.96. The molecule has 3 nitrogen and oxygen atoms in total. The zero-order chi connectivity index (χ0) is 12.4. The summed E-state index contributed by atoms with van der Waals surface area (Å²) in [5.41, 5.74) is 3.20. The van der Waals surface area contributed by atoms with Crippen LogP contribution in [0.1, 0.15) is 18.1 Å². The van der Waals surface area contributed by atoms with Gasteiger partial charge in [0.1, 0.15) is 0 Å². The summed E-state index contributed by atoms with van der Waals surface area (Å²) in [7, 11) is 0. The number of aromatic nitrogens is 2. The minimum absolute atomic E-state index is 0.0887. The summed E-state index contributed by atoms with van der Waals surface area (Å²) >= 11 is 6.09. The summed E-state index contributed by atoms with van der Waals surface area (Å²) in [6.45, 7) is 3.88. The fraction of sp³-hybridized carbons (Fsp3) is 0.231. The molecule has 0 aliphatic carbocycles. The summed E-state index contributed by atoms with van der Waals surface area (Å²) in [5, 5.41) is 0.687. The second kappa shape index (κ2) is 4.72. The van der Waals surface area contributed by atoms with Crippen molar-refractivity contribution in [3.05, 3.63) is 51.0 Å². The van der Waals surface area contributed by atoms with E-state index in [-0.39, 0.29) is 5.56 Å². The zero-order valence-corrected chi connectivity index (χ0v) is 10.5. The van der Waals surface area contributed by atoms with E-state index in [0.717, 1.165) is 11.1 Å². The molecule has 0 spiro atoms. The van der Waals surface area contributed by atoms with Crippen LogP contribution in [0.15, 0.2) is 29.3 Å². The highest BCUT2D eigenvalue weighted by Crippen LogP contribution is 2.25. The second-order valence-electron chi connectivity index (χ2n) is 3.88. The third-order valence-corrected chi connectivity index (χ3v) is 3.16.